The molecule has 0 atom stereocenters. The second-order valence-corrected chi connectivity index (χ2v) is 4.83. The normalized spacial score (nSPS) is 12.4. The highest BCUT2D eigenvalue weighted by atomic mass is 19.4. The minimum atomic E-state index is -4.87. The van der Waals surface area contributed by atoms with Crippen molar-refractivity contribution in [1.82, 2.24) is 0 Å². The van der Waals surface area contributed by atoms with E-state index in [1.165, 1.54) is 27.0 Å². The van der Waals surface area contributed by atoms with E-state index in [2.05, 4.69) is 0 Å². The van der Waals surface area contributed by atoms with Crippen LogP contribution in [0.4, 0.5) is 17.6 Å². The molecule has 0 heterocycles. The molecule has 0 aromatic heterocycles. The summed E-state index contributed by atoms with van der Waals surface area (Å²) in [5.74, 6) is -2.25. The second-order valence-electron chi connectivity index (χ2n) is 4.83. The van der Waals surface area contributed by atoms with Crippen LogP contribution in [0, 0.1) is 5.82 Å². The van der Waals surface area contributed by atoms with Crippen LogP contribution in [0.1, 0.15) is 25.8 Å². The van der Waals surface area contributed by atoms with Gasteiger partial charge in [0.1, 0.15) is 11.6 Å². The van der Waals surface area contributed by atoms with Gasteiger partial charge in [-0.15, -0.1) is 0 Å². The molecule has 0 aliphatic rings. The number of methoxy groups -OCH3 is 1. The lowest BCUT2D eigenvalue weighted by Crippen LogP contribution is -2.31. The third kappa shape index (κ3) is 3.68. The molecule has 1 rings (SSSR count). The van der Waals surface area contributed by atoms with E-state index < -0.39 is 29.6 Å². The van der Waals surface area contributed by atoms with E-state index in [-0.39, 0.29) is 5.75 Å². The molecule has 0 saturated heterocycles. The van der Waals surface area contributed by atoms with E-state index in [4.69, 9.17) is 4.74 Å². The molecule has 6 heteroatoms. The molecule has 1 aromatic rings. The monoisotopic (exact) mass is 278 g/mol. The molecule has 0 saturated carbocycles. The van der Waals surface area contributed by atoms with E-state index in [0.717, 1.165) is 12.1 Å². The number of hydrogen-bond acceptors (Lipinski definition) is 2. The Morgan fingerprint density at radius 3 is 2.32 bits per heavy atom. The highest BCUT2D eigenvalue weighted by Crippen LogP contribution is 2.36. The SMILES string of the molecule is COc1cc(F)ccc1C(C)(C)CC(=O)C(F)(F)F. The topological polar surface area (TPSA) is 26.3 Å². The molecule has 0 N–H and O–H groups in total. The zero-order valence-electron chi connectivity index (χ0n) is 10.8. The van der Waals surface area contributed by atoms with E-state index in [1.807, 2.05) is 0 Å². The first-order valence-corrected chi connectivity index (χ1v) is 5.52. The summed E-state index contributed by atoms with van der Waals surface area (Å²) in [4.78, 5) is 11.1. The molecule has 19 heavy (non-hydrogen) atoms. The van der Waals surface area contributed by atoms with Gasteiger partial charge in [-0.05, 0) is 6.07 Å². The number of ketones is 1. The summed E-state index contributed by atoms with van der Waals surface area (Å²) >= 11 is 0. The van der Waals surface area contributed by atoms with Crippen LogP contribution in [-0.4, -0.2) is 19.1 Å². The number of rotatable bonds is 4. The van der Waals surface area contributed by atoms with Gasteiger partial charge in [-0.1, -0.05) is 19.9 Å². The third-order valence-electron chi connectivity index (χ3n) is 2.81. The van der Waals surface area contributed by atoms with Crippen molar-refractivity contribution in [2.45, 2.75) is 31.9 Å². The van der Waals surface area contributed by atoms with Crippen LogP contribution < -0.4 is 4.74 Å². The summed E-state index contributed by atoms with van der Waals surface area (Å²) in [6.07, 6.45) is -5.59. The largest absolute Gasteiger partial charge is 0.496 e. The molecule has 106 valence electrons. The average molecular weight is 278 g/mol. The summed E-state index contributed by atoms with van der Waals surface area (Å²) in [6, 6.07) is 3.53. The second kappa shape index (κ2) is 5.19. The number of ether oxygens (including phenoxy) is 1. The Hall–Kier alpha value is -1.59. The predicted molar refractivity (Wildman–Crippen MR) is 61.7 cm³/mol. The number of hydrogen-bond donors (Lipinski definition) is 0. The summed E-state index contributed by atoms with van der Waals surface area (Å²) in [5.41, 5.74) is -0.750. The van der Waals surface area contributed by atoms with Crippen molar-refractivity contribution >= 4 is 5.78 Å². The fourth-order valence-electron chi connectivity index (χ4n) is 1.82. The number of Topliss-reactive ketones (excluding diaryl/α,β-unsaturated/α-hetero) is 1. The molecule has 0 radical (unpaired) electrons. The maximum atomic E-state index is 13.0. The molecule has 0 amide bonds. The molecule has 1 aromatic carbocycles. The van der Waals surface area contributed by atoms with E-state index in [1.54, 1.807) is 0 Å². The quantitative estimate of drug-likeness (QED) is 0.786. The highest BCUT2D eigenvalue weighted by Gasteiger charge is 2.42. The van der Waals surface area contributed by atoms with Gasteiger partial charge in [-0.25, -0.2) is 4.39 Å². The zero-order valence-corrected chi connectivity index (χ0v) is 10.8. The van der Waals surface area contributed by atoms with E-state index in [9.17, 15) is 22.4 Å². The third-order valence-corrected chi connectivity index (χ3v) is 2.81. The summed E-state index contributed by atoms with van der Waals surface area (Å²) in [7, 11) is 1.29. The maximum absolute atomic E-state index is 13.0. The summed E-state index contributed by atoms with van der Waals surface area (Å²) in [6.45, 7) is 2.96. The first kappa shape index (κ1) is 15.5. The number of carbonyl (C=O) groups is 1. The summed E-state index contributed by atoms with van der Waals surface area (Å²) < 4.78 is 54.9. The number of benzene rings is 1. The van der Waals surface area contributed by atoms with Gasteiger partial charge in [0, 0.05) is 23.5 Å². The Bertz CT molecular complexity index is 478. The van der Waals surface area contributed by atoms with Gasteiger partial charge in [-0.3, -0.25) is 4.79 Å². The number of alkyl halides is 3. The van der Waals surface area contributed by atoms with Crippen LogP contribution in [0.25, 0.3) is 0 Å². The van der Waals surface area contributed by atoms with E-state index >= 15 is 0 Å². The Kier molecular flexibility index (Phi) is 4.22. The van der Waals surface area contributed by atoms with Crippen molar-refractivity contribution in [3.8, 4) is 5.75 Å². The van der Waals surface area contributed by atoms with Crippen LogP contribution in [-0.2, 0) is 10.2 Å². The molecule has 0 spiro atoms. The van der Waals surface area contributed by atoms with Crippen LogP contribution >= 0.6 is 0 Å². The van der Waals surface area contributed by atoms with Crippen molar-refractivity contribution in [3.63, 3.8) is 0 Å². The molecule has 0 unspecified atom stereocenters. The van der Waals surface area contributed by atoms with Gasteiger partial charge >= 0.3 is 6.18 Å². The Morgan fingerprint density at radius 2 is 1.84 bits per heavy atom. The first-order chi connectivity index (χ1) is 8.58. The maximum Gasteiger partial charge on any atom is 0.450 e. The molecule has 0 fully saturated rings. The Labute approximate surface area is 108 Å². The standard InChI is InChI=1S/C13H14F4O2/c1-12(2,7-11(18)13(15,16)17)9-5-4-8(14)6-10(9)19-3/h4-6H,7H2,1-3H3. The van der Waals surface area contributed by atoms with Crippen molar-refractivity contribution < 1.29 is 27.1 Å². The van der Waals surface area contributed by atoms with Gasteiger partial charge in [-0.2, -0.15) is 13.2 Å². The number of carbonyl (C=O) groups excluding carboxylic acids is 1. The van der Waals surface area contributed by atoms with Crippen LogP contribution in [0.3, 0.4) is 0 Å². The lowest BCUT2D eigenvalue weighted by Gasteiger charge is -2.26. The van der Waals surface area contributed by atoms with Crippen molar-refractivity contribution in [3.05, 3.63) is 29.6 Å². The fraction of sp³-hybridized carbons (Fsp3) is 0.462. The van der Waals surface area contributed by atoms with Gasteiger partial charge < -0.3 is 4.74 Å². The number of halogens is 4. The predicted octanol–water partition coefficient (Wildman–Crippen LogP) is 3.63. The smallest absolute Gasteiger partial charge is 0.450 e. The molecule has 0 bridgehead atoms. The summed E-state index contributed by atoms with van der Waals surface area (Å²) in [5, 5.41) is 0. The van der Waals surface area contributed by atoms with Gasteiger partial charge in [0.2, 0.25) is 5.78 Å². The average Bonchev–Trinajstić information content (AvgIpc) is 2.26. The van der Waals surface area contributed by atoms with Gasteiger partial charge in [0.25, 0.3) is 0 Å². The van der Waals surface area contributed by atoms with Gasteiger partial charge in [0.05, 0.1) is 7.11 Å². The lowest BCUT2D eigenvalue weighted by atomic mass is 9.79. The van der Waals surface area contributed by atoms with Crippen molar-refractivity contribution in [2.24, 2.45) is 0 Å². The zero-order chi connectivity index (χ0) is 14.8. The highest BCUT2D eigenvalue weighted by molar-refractivity contribution is 5.85. The molecular formula is C13H14F4O2. The molecule has 0 aliphatic heterocycles. The molecular weight excluding hydrogens is 264 g/mol. The van der Waals surface area contributed by atoms with Crippen molar-refractivity contribution in [1.29, 1.82) is 0 Å². The fourth-order valence-corrected chi connectivity index (χ4v) is 1.82. The lowest BCUT2D eigenvalue weighted by molar-refractivity contribution is -0.172. The van der Waals surface area contributed by atoms with Crippen LogP contribution in [0.15, 0.2) is 18.2 Å². The van der Waals surface area contributed by atoms with E-state index in [0.29, 0.717) is 5.56 Å². The molecule has 0 aliphatic carbocycles. The Morgan fingerprint density at radius 1 is 1.26 bits per heavy atom. The minimum absolute atomic E-state index is 0.125. The van der Waals surface area contributed by atoms with Gasteiger partial charge in [0.15, 0.2) is 0 Å². The van der Waals surface area contributed by atoms with Crippen LogP contribution in [0.2, 0.25) is 0 Å². The molecule has 2 nitrogen and oxygen atoms in total. The first-order valence-electron chi connectivity index (χ1n) is 5.52. The van der Waals surface area contributed by atoms with Crippen molar-refractivity contribution in [2.75, 3.05) is 7.11 Å². The minimum Gasteiger partial charge on any atom is -0.496 e. The van der Waals surface area contributed by atoms with Crippen LogP contribution in [0.5, 0.6) is 5.75 Å². The Balaban J connectivity index is 3.10.